The molecule has 1 aliphatic rings. The number of nitrogens with zero attached hydrogens (tertiary/aromatic N) is 2. The monoisotopic (exact) mass is 165 g/mol. The Bertz CT molecular complexity index is 277. The Morgan fingerprint density at radius 1 is 1.75 bits per heavy atom. The number of hydrogen-bond acceptors (Lipinski definition) is 2. The fourth-order valence-electron chi connectivity index (χ4n) is 1.90. The zero-order chi connectivity index (χ0) is 8.55. The maximum absolute atomic E-state index is 5.63. The zero-order valence-electron chi connectivity index (χ0n) is 7.45. The van der Waals surface area contributed by atoms with E-state index in [1.807, 2.05) is 11.7 Å². The second kappa shape index (κ2) is 2.90. The molecule has 1 aromatic heterocycles. The van der Waals surface area contributed by atoms with Gasteiger partial charge in [-0.05, 0) is 37.3 Å². The van der Waals surface area contributed by atoms with Crippen molar-refractivity contribution in [1.29, 1.82) is 0 Å². The number of rotatable bonds is 1. The van der Waals surface area contributed by atoms with Crippen molar-refractivity contribution >= 4 is 0 Å². The molecule has 66 valence electrons. The Labute approximate surface area is 72.6 Å². The van der Waals surface area contributed by atoms with E-state index in [1.165, 1.54) is 17.7 Å². The Morgan fingerprint density at radius 3 is 3.33 bits per heavy atom. The molecule has 0 fully saturated rings. The quantitative estimate of drug-likeness (QED) is 0.658. The van der Waals surface area contributed by atoms with Gasteiger partial charge in [0.2, 0.25) is 0 Å². The molecule has 1 aliphatic carbocycles. The van der Waals surface area contributed by atoms with Gasteiger partial charge in [-0.2, -0.15) is 5.10 Å². The molecule has 0 bridgehead atoms. The van der Waals surface area contributed by atoms with Crippen molar-refractivity contribution in [3.63, 3.8) is 0 Å². The van der Waals surface area contributed by atoms with Crippen molar-refractivity contribution in [1.82, 2.24) is 9.78 Å². The summed E-state index contributed by atoms with van der Waals surface area (Å²) in [7, 11) is 1.98. The average Bonchev–Trinajstić information content (AvgIpc) is 2.43. The van der Waals surface area contributed by atoms with Crippen LogP contribution >= 0.6 is 0 Å². The molecule has 2 rings (SSSR count). The lowest BCUT2D eigenvalue weighted by Crippen LogP contribution is -2.21. The van der Waals surface area contributed by atoms with Crippen molar-refractivity contribution in [2.45, 2.75) is 19.3 Å². The van der Waals surface area contributed by atoms with Gasteiger partial charge in [0.25, 0.3) is 0 Å². The summed E-state index contributed by atoms with van der Waals surface area (Å²) in [5.41, 5.74) is 8.31. The van der Waals surface area contributed by atoms with E-state index in [1.54, 1.807) is 0 Å². The minimum Gasteiger partial charge on any atom is -0.330 e. The van der Waals surface area contributed by atoms with E-state index in [2.05, 4.69) is 11.3 Å². The average molecular weight is 165 g/mol. The summed E-state index contributed by atoms with van der Waals surface area (Å²) >= 11 is 0. The number of nitrogens with two attached hydrogens (primary N) is 1. The molecule has 0 saturated heterocycles. The van der Waals surface area contributed by atoms with E-state index in [-0.39, 0.29) is 0 Å². The summed E-state index contributed by atoms with van der Waals surface area (Å²) in [6.45, 7) is 0.802. The van der Waals surface area contributed by atoms with Crippen LogP contribution in [0.4, 0.5) is 0 Å². The van der Waals surface area contributed by atoms with Crippen LogP contribution in [-0.4, -0.2) is 16.3 Å². The van der Waals surface area contributed by atoms with Gasteiger partial charge >= 0.3 is 0 Å². The third-order valence-corrected chi connectivity index (χ3v) is 2.63. The standard InChI is InChI=1S/C9H15N3/c1-12-6-8-3-2-7(5-10)4-9(8)11-12/h6-7H,2-5,10H2,1H3. The molecule has 0 spiro atoms. The maximum atomic E-state index is 5.63. The Balaban J connectivity index is 2.22. The highest BCUT2D eigenvalue weighted by Crippen LogP contribution is 2.23. The van der Waals surface area contributed by atoms with Crippen molar-refractivity contribution in [3.8, 4) is 0 Å². The van der Waals surface area contributed by atoms with Crippen molar-refractivity contribution < 1.29 is 0 Å². The lowest BCUT2D eigenvalue weighted by molar-refractivity contribution is 0.462. The van der Waals surface area contributed by atoms with Crippen molar-refractivity contribution in [2.24, 2.45) is 18.7 Å². The van der Waals surface area contributed by atoms with Gasteiger partial charge in [0.15, 0.2) is 0 Å². The van der Waals surface area contributed by atoms with Gasteiger partial charge in [-0.15, -0.1) is 0 Å². The molecular weight excluding hydrogens is 150 g/mol. The van der Waals surface area contributed by atoms with Gasteiger partial charge in [0.05, 0.1) is 5.69 Å². The Morgan fingerprint density at radius 2 is 2.58 bits per heavy atom. The van der Waals surface area contributed by atoms with Gasteiger partial charge in [-0.1, -0.05) is 0 Å². The largest absolute Gasteiger partial charge is 0.330 e. The predicted molar refractivity (Wildman–Crippen MR) is 47.8 cm³/mol. The fraction of sp³-hybridized carbons (Fsp3) is 0.667. The van der Waals surface area contributed by atoms with Crippen LogP contribution < -0.4 is 5.73 Å². The van der Waals surface area contributed by atoms with Crippen molar-refractivity contribution in [2.75, 3.05) is 6.54 Å². The predicted octanol–water partition coefficient (Wildman–Crippen LogP) is 0.484. The summed E-state index contributed by atoms with van der Waals surface area (Å²) in [6, 6.07) is 0. The smallest absolute Gasteiger partial charge is 0.0659 e. The van der Waals surface area contributed by atoms with Crippen molar-refractivity contribution in [3.05, 3.63) is 17.5 Å². The van der Waals surface area contributed by atoms with Crippen LogP contribution in [0.5, 0.6) is 0 Å². The molecule has 0 amide bonds. The molecule has 1 heterocycles. The third kappa shape index (κ3) is 1.25. The minimum absolute atomic E-state index is 0.660. The van der Waals surface area contributed by atoms with Crippen LogP contribution in [0.1, 0.15) is 17.7 Å². The van der Waals surface area contributed by atoms with E-state index in [0.29, 0.717) is 5.92 Å². The molecule has 1 atom stereocenters. The van der Waals surface area contributed by atoms with Crippen LogP contribution in [0.15, 0.2) is 6.20 Å². The Kier molecular flexibility index (Phi) is 1.89. The number of hydrogen-bond donors (Lipinski definition) is 1. The van der Waals surface area contributed by atoms with Crippen LogP contribution in [0.3, 0.4) is 0 Å². The van der Waals surface area contributed by atoms with Gasteiger partial charge < -0.3 is 5.73 Å². The normalized spacial score (nSPS) is 22.3. The number of aryl methyl sites for hydroxylation is 2. The maximum Gasteiger partial charge on any atom is 0.0659 e. The summed E-state index contributed by atoms with van der Waals surface area (Å²) in [5.74, 6) is 0.660. The van der Waals surface area contributed by atoms with Gasteiger partial charge in [-0.3, -0.25) is 4.68 Å². The SMILES string of the molecule is Cn1cc2c(n1)CC(CN)CC2. The molecule has 12 heavy (non-hydrogen) atoms. The first-order chi connectivity index (χ1) is 5.79. The van der Waals surface area contributed by atoms with Crippen LogP contribution in [0.2, 0.25) is 0 Å². The summed E-state index contributed by atoms with van der Waals surface area (Å²) in [4.78, 5) is 0. The van der Waals surface area contributed by atoms with E-state index < -0.39 is 0 Å². The summed E-state index contributed by atoms with van der Waals surface area (Å²) in [5, 5.41) is 4.41. The van der Waals surface area contributed by atoms with E-state index in [4.69, 9.17) is 5.73 Å². The van der Waals surface area contributed by atoms with Gasteiger partial charge in [0.1, 0.15) is 0 Å². The second-order valence-electron chi connectivity index (χ2n) is 3.62. The van der Waals surface area contributed by atoms with E-state index in [9.17, 15) is 0 Å². The Hall–Kier alpha value is -0.830. The molecule has 0 radical (unpaired) electrons. The molecule has 0 aromatic carbocycles. The van der Waals surface area contributed by atoms with E-state index >= 15 is 0 Å². The third-order valence-electron chi connectivity index (χ3n) is 2.63. The molecule has 0 aliphatic heterocycles. The molecule has 1 unspecified atom stereocenters. The summed E-state index contributed by atoms with van der Waals surface area (Å²) < 4.78 is 1.91. The summed E-state index contributed by atoms with van der Waals surface area (Å²) in [6.07, 6.45) is 5.59. The molecule has 0 saturated carbocycles. The highest BCUT2D eigenvalue weighted by atomic mass is 15.3. The molecule has 3 nitrogen and oxygen atoms in total. The zero-order valence-corrected chi connectivity index (χ0v) is 7.45. The van der Waals surface area contributed by atoms with Crippen LogP contribution in [0.25, 0.3) is 0 Å². The first-order valence-electron chi connectivity index (χ1n) is 4.51. The highest BCUT2D eigenvalue weighted by molar-refractivity contribution is 5.20. The lowest BCUT2D eigenvalue weighted by atomic mass is 9.88. The second-order valence-corrected chi connectivity index (χ2v) is 3.62. The van der Waals surface area contributed by atoms with Gasteiger partial charge in [0, 0.05) is 13.2 Å². The molecule has 1 aromatic rings. The van der Waals surface area contributed by atoms with E-state index in [0.717, 1.165) is 19.4 Å². The first kappa shape index (κ1) is 7.80. The van der Waals surface area contributed by atoms with Gasteiger partial charge in [-0.25, -0.2) is 0 Å². The molecule has 3 heteroatoms. The molecular formula is C9H15N3. The number of fused-ring (bicyclic) bond motifs is 1. The first-order valence-corrected chi connectivity index (χ1v) is 4.51. The topological polar surface area (TPSA) is 43.8 Å². The highest BCUT2D eigenvalue weighted by Gasteiger charge is 2.19. The minimum atomic E-state index is 0.660. The number of aromatic nitrogens is 2. The van der Waals surface area contributed by atoms with Crippen LogP contribution in [-0.2, 0) is 19.9 Å². The lowest BCUT2D eigenvalue weighted by Gasteiger charge is -2.18. The molecule has 2 N–H and O–H groups in total. The van der Waals surface area contributed by atoms with Crippen LogP contribution in [0, 0.1) is 5.92 Å². The fourth-order valence-corrected chi connectivity index (χ4v) is 1.90.